The van der Waals surface area contributed by atoms with Gasteiger partial charge < -0.3 is 9.80 Å². The van der Waals surface area contributed by atoms with Crippen LogP contribution in [0.2, 0.25) is 0 Å². The zero-order valence-electron chi connectivity index (χ0n) is 25.5. The van der Waals surface area contributed by atoms with Crippen molar-refractivity contribution in [3.63, 3.8) is 0 Å². The van der Waals surface area contributed by atoms with Crippen LogP contribution in [0.5, 0.6) is 0 Å². The van der Waals surface area contributed by atoms with Crippen LogP contribution >= 0.6 is 0 Å². The quantitative estimate of drug-likeness (QED) is 0.223. The van der Waals surface area contributed by atoms with Gasteiger partial charge in [-0.15, -0.1) is 0 Å². The van der Waals surface area contributed by atoms with Gasteiger partial charge in [-0.3, -0.25) is 0 Å². The summed E-state index contributed by atoms with van der Waals surface area (Å²) in [5.41, 5.74) is 21.4. The van der Waals surface area contributed by atoms with Crippen LogP contribution in [0.25, 0.3) is 33.4 Å². The Kier molecular flexibility index (Phi) is 5.54. The summed E-state index contributed by atoms with van der Waals surface area (Å²) in [6, 6.07) is 32.5. The first-order valence-electron chi connectivity index (χ1n) is 14.6. The van der Waals surface area contributed by atoms with Gasteiger partial charge in [-0.1, -0.05) is 66.7 Å². The first-order chi connectivity index (χ1) is 19.7. The molecule has 5 aromatic rings. The van der Waals surface area contributed by atoms with Gasteiger partial charge in [-0.05, 0) is 124 Å². The SMILES string of the molecule is Cc1cccc2c1-c1c(C)cccc1C21c2cccc(C)c2-c2c1ccc(-c1cc(N(C)C)cc(N(C)C)c1)c2C. The van der Waals surface area contributed by atoms with E-state index in [0.29, 0.717) is 0 Å². The highest BCUT2D eigenvalue weighted by Gasteiger charge is 2.53. The number of fused-ring (bicyclic) bond motifs is 10. The van der Waals surface area contributed by atoms with E-state index in [0.717, 1.165) is 0 Å². The summed E-state index contributed by atoms with van der Waals surface area (Å²) in [5, 5.41) is 0. The summed E-state index contributed by atoms with van der Waals surface area (Å²) in [5.74, 6) is 0. The number of nitrogens with zero attached hydrogens (tertiary/aromatic N) is 2. The van der Waals surface area contributed by atoms with Crippen LogP contribution in [-0.4, -0.2) is 28.2 Å². The van der Waals surface area contributed by atoms with Crippen LogP contribution in [0, 0.1) is 27.7 Å². The van der Waals surface area contributed by atoms with Crippen LogP contribution in [-0.2, 0) is 5.41 Å². The Morgan fingerprint density at radius 1 is 0.463 bits per heavy atom. The average molecular weight is 535 g/mol. The van der Waals surface area contributed by atoms with Crippen LogP contribution in [0.15, 0.2) is 84.9 Å². The Morgan fingerprint density at radius 3 is 1.32 bits per heavy atom. The third kappa shape index (κ3) is 3.31. The normalized spacial score (nSPS) is 13.6. The lowest BCUT2D eigenvalue weighted by molar-refractivity contribution is 0.792. The summed E-state index contributed by atoms with van der Waals surface area (Å²) in [6.45, 7) is 9.17. The lowest BCUT2D eigenvalue weighted by atomic mass is 9.70. The molecule has 0 radical (unpaired) electrons. The van der Waals surface area contributed by atoms with Crippen molar-refractivity contribution in [3.8, 4) is 33.4 Å². The van der Waals surface area contributed by atoms with Crippen LogP contribution in [0.1, 0.15) is 44.5 Å². The van der Waals surface area contributed by atoms with Crippen molar-refractivity contribution in [3.05, 3.63) is 129 Å². The fourth-order valence-electron chi connectivity index (χ4n) is 7.73. The van der Waals surface area contributed by atoms with Crippen LogP contribution in [0.4, 0.5) is 11.4 Å². The fourth-order valence-corrected chi connectivity index (χ4v) is 7.73. The van der Waals surface area contributed by atoms with E-state index in [1.165, 1.54) is 89.3 Å². The van der Waals surface area contributed by atoms with Gasteiger partial charge in [0.05, 0.1) is 5.41 Å². The molecule has 0 unspecified atom stereocenters. The summed E-state index contributed by atoms with van der Waals surface area (Å²) in [7, 11) is 8.49. The molecule has 204 valence electrons. The Hall–Kier alpha value is -4.30. The molecular weight excluding hydrogens is 496 g/mol. The van der Waals surface area contributed by atoms with Crippen LogP contribution in [0.3, 0.4) is 0 Å². The lowest BCUT2D eigenvalue weighted by Gasteiger charge is -2.31. The van der Waals surface area contributed by atoms with Crippen molar-refractivity contribution in [2.24, 2.45) is 0 Å². The topological polar surface area (TPSA) is 6.48 Å². The Morgan fingerprint density at radius 2 is 0.878 bits per heavy atom. The monoisotopic (exact) mass is 534 g/mol. The molecule has 1 spiro atoms. The minimum atomic E-state index is -0.317. The van der Waals surface area contributed by atoms with Gasteiger partial charge in [0, 0.05) is 39.6 Å². The summed E-state index contributed by atoms with van der Waals surface area (Å²) < 4.78 is 0. The third-order valence-corrected chi connectivity index (χ3v) is 9.65. The highest BCUT2D eigenvalue weighted by molar-refractivity contribution is 5.99. The highest BCUT2D eigenvalue weighted by Crippen LogP contribution is 2.65. The lowest BCUT2D eigenvalue weighted by Crippen LogP contribution is -2.26. The second-order valence-electron chi connectivity index (χ2n) is 12.4. The highest BCUT2D eigenvalue weighted by atomic mass is 15.1. The van der Waals surface area contributed by atoms with Crippen molar-refractivity contribution in [2.45, 2.75) is 33.1 Å². The zero-order chi connectivity index (χ0) is 28.8. The molecule has 0 aromatic heterocycles. The molecule has 2 heteroatoms. The number of anilines is 2. The van der Waals surface area contributed by atoms with Gasteiger partial charge in [0.1, 0.15) is 0 Å². The van der Waals surface area contributed by atoms with E-state index in [1.807, 2.05) is 0 Å². The fraction of sp³-hybridized carbons (Fsp3) is 0.231. The second-order valence-corrected chi connectivity index (χ2v) is 12.4. The van der Waals surface area contributed by atoms with Crippen molar-refractivity contribution in [1.82, 2.24) is 0 Å². The molecule has 7 rings (SSSR count). The standard InChI is InChI=1S/C39H38N2/c1-23-12-9-15-31-35(23)36-24(2)13-10-16-32(36)39(31)33-17-11-14-25(3)37(33)38-26(4)30(18-19-34(38)39)27-20-28(40(5)6)22-29(21-27)41(7)8/h9-22H,1-8H3. The maximum absolute atomic E-state index is 2.44. The largest absolute Gasteiger partial charge is 0.378 e. The van der Waals surface area contributed by atoms with E-state index in [-0.39, 0.29) is 5.41 Å². The van der Waals surface area contributed by atoms with Gasteiger partial charge >= 0.3 is 0 Å². The molecule has 0 heterocycles. The predicted octanol–water partition coefficient (Wildman–Crippen LogP) is 9.06. The second kappa shape index (κ2) is 8.85. The maximum Gasteiger partial charge on any atom is 0.0725 e. The maximum atomic E-state index is 2.44. The molecule has 0 N–H and O–H groups in total. The Balaban J connectivity index is 1.60. The van der Waals surface area contributed by atoms with Crippen LogP contribution < -0.4 is 9.80 Å². The number of benzene rings is 5. The molecule has 41 heavy (non-hydrogen) atoms. The third-order valence-electron chi connectivity index (χ3n) is 9.65. The summed E-state index contributed by atoms with van der Waals surface area (Å²) in [4.78, 5) is 4.40. The van der Waals surface area contributed by atoms with Gasteiger partial charge in [0.15, 0.2) is 0 Å². The zero-order valence-corrected chi connectivity index (χ0v) is 25.5. The van der Waals surface area contributed by atoms with E-state index < -0.39 is 0 Å². The van der Waals surface area contributed by atoms with Crippen molar-refractivity contribution in [1.29, 1.82) is 0 Å². The first-order valence-corrected chi connectivity index (χ1v) is 14.6. The molecule has 0 fully saturated rings. The average Bonchev–Trinajstić information content (AvgIpc) is 3.43. The number of aryl methyl sites for hydroxylation is 3. The molecule has 0 atom stereocenters. The van der Waals surface area contributed by atoms with Crippen molar-refractivity contribution < 1.29 is 0 Å². The van der Waals surface area contributed by atoms with E-state index in [1.54, 1.807) is 0 Å². The van der Waals surface area contributed by atoms with E-state index in [4.69, 9.17) is 0 Å². The smallest absolute Gasteiger partial charge is 0.0725 e. The van der Waals surface area contributed by atoms with Crippen molar-refractivity contribution in [2.75, 3.05) is 38.0 Å². The molecule has 2 aliphatic carbocycles. The Labute approximate surface area is 244 Å². The van der Waals surface area contributed by atoms with Gasteiger partial charge in [-0.2, -0.15) is 0 Å². The van der Waals surface area contributed by atoms with Gasteiger partial charge in [0.25, 0.3) is 0 Å². The molecule has 2 nitrogen and oxygen atoms in total. The molecule has 0 amide bonds. The number of hydrogen-bond acceptors (Lipinski definition) is 2. The summed E-state index contributed by atoms with van der Waals surface area (Å²) in [6.07, 6.45) is 0. The molecule has 0 saturated heterocycles. The number of hydrogen-bond donors (Lipinski definition) is 0. The van der Waals surface area contributed by atoms with E-state index in [9.17, 15) is 0 Å². The molecule has 0 aliphatic heterocycles. The van der Waals surface area contributed by atoms with E-state index in [2.05, 4.69) is 151 Å². The molecular formula is C39H38N2. The first kappa shape index (κ1) is 25.7. The van der Waals surface area contributed by atoms with E-state index >= 15 is 0 Å². The Bertz CT molecular complexity index is 1810. The molecule has 5 aromatic carbocycles. The molecule has 2 aliphatic rings. The van der Waals surface area contributed by atoms with Gasteiger partial charge in [0.2, 0.25) is 0 Å². The molecule has 0 saturated carbocycles. The molecule has 0 bridgehead atoms. The van der Waals surface area contributed by atoms with Gasteiger partial charge in [-0.25, -0.2) is 0 Å². The minimum absolute atomic E-state index is 0.317. The minimum Gasteiger partial charge on any atom is -0.378 e. The predicted molar refractivity (Wildman–Crippen MR) is 176 cm³/mol. The summed E-state index contributed by atoms with van der Waals surface area (Å²) >= 11 is 0. The number of rotatable bonds is 3. The van der Waals surface area contributed by atoms with Crippen molar-refractivity contribution >= 4 is 11.4 Å².